The molecule has 0 aromatic heterocycles. The van der Waals surface area contributed by atoms with Crippen LogP contribution in [0.15, 0.2) is 0 Å². The Morgan fingerprint density at radius 1 is 1.48 bits per heavy atom. The van der Waals surface area contributed by atoms with Gasteiger partial charge >= 0.3 is 12.0 Å². The standard InChI is InChI=1S/C15H24N2O4/c1-4-8-17(11-13(18)19)14(20)16-12-7-9-21-15(5-2,6-3)10-12/h1,12H,5-11H2,2-3H3,(H,16,20)(H,18,19). The van der Waals surface area contributed by atoms with Gasteiger partial charge < -0.3 is 20.1 Å². The number of nitrogens with one attached hydrogen (secondary N) is 1. The van der Waals surface area contributed by atoms with Crippen molar-refractivity contribution < 1.29 is 19.4 Å². The van der Waals surface area contributed by atoms with Crippen molar-refractivity contribution in [3.8, 4) is 12.3 Å². The minimum atomic E-state index is -1.08. The maximum Gasteiger partial charge on any atom is 0.323 e. The summed E-state index contributed by atoms with van der Waals surface area (Å²) in [5.41, 5.74) is -0.195. The second kappa shape index (κ2) is 7.89. The lowest BCUT2D eigenvalue weighted by Gasteiger charge is -2.40. The van der Waals surface area contributed by atoms with E-state index in [1.807, 2.05) is 0 Å². The lowest BCUT2D eigenvalue weighted by Crippen LogP contribution is -2.52. The van der Waals surface area contributed by atoms with E-state index in [9.17, 15) is 9.59 Å². The van der Waals surface area contributed by atoms with Crippen LogP contribution in [0, 0.1) is 12.3 Å². The summed E-state index contributed by atoms with van der Waals surface area (Å²) in [6.45, 7) is 4.33. The zero-order chi connectivity index (χ0) is 15.9. The van der Waals surface area contributed by atoms with Crippen molar-refractivity contribution >= 4 is 12.0 Å². The third-order valence-electron chi connectivity index (χ3n) is 4.00. The summed E-state index contributed by atoms with van der Waals surface area (Å²) in [4.78, 5) is 24.0. The van der Waals surface area contributed by atoms with Crippen LogP contribution in [-0.2, 0) is 9.53 Å². The second-order valence-corrected chi connectivity index (χ2v) is 5.33. The molecule has 1 heterocycles. The van der Waals surface area contributed by atoms with Gasteiger partial charge in [-0.05, 0) is 25.7 Å². The highest BCUT2D eigenvalue weighted by molar-refractivity contribution is 5.80. The first-order valence-corrected chi connectivity index (χ1v) is 7.31. The number of aliphatic carboxylic acids is 1. The van der Waals surface area contributed by atoms with E-state index in [1.165, 1.54) is 0 Å². The Kier molecular flexibility index (Phi) is 6.50. The van der Waals surface area contributed by atoms with Gasteiger partial charge in [0.1, 0.15) is 6.54 Å². The number of ether oxygens (including phenoxy) is 1. The van der Waals surface area contributed by atoms with E-state index in [1.54, 1.807) is 0 Å². The molecule has 21 heavy (non-hydrogen) atoms. The summed E-state index contributed by atoms with van der Waals surface area (Å²) < 4.78 is 5.86. The summed E-state index contributed by atoms with van der Waals surface area (Å²) in [6, 6.07) is -0.441. The van der Waals surface area contributed by atoms with Crippen molar-refractivity contribution in [3.63, 3.8) is 0 Å². The van der Waals surface area contributed by atoms with E-state index < -0.39 is 18.5 Å². The predicted molar refractivity (Wildman–Crippen MR) is 78.9 cm³/mol. The molecule has 0 bridgehead atoms. The second-order valence-electron chi connectivity index (χ2n) is 5.33. The number of carbonyl (C=O) groups is 2. The van der Waals surface area contributed by atoms with Gasteiger partial charge in [0.05, 0.1) is 12.1 Å². The number of carboxylic acid groups (broad SMARTS) is 1. The highest BCUT2D eigenvalue weighted by atomic mass is 16.5. The van der Waals surface area contributed by atoms with Crippen molar-refractivity contribution in [2.45, 2.75) is 51.2 Å². The number of nitrogens with zero attached hydrogens (tertiary/aromatic N) is 1. The van der Waals surface area contributed by atoms with Gasteiger partial charge in [-0.25, -0.2) is 4.79 Å². The number of terminal acetylenes is 1. The van der Waals surface area contributed by atoms with Crippen molar-refractivity contribution in [2.24, 2.45) is 0 Å². The van der Waals surface area contributed by atoms with Crippen LogP contribution < -0.4 is 5.32 Å². The molecule has 0 radical (unpaired) electrons. The molecule has 2 amide bonds. The van der Waals surface area contributed by atoms with Crippen LogP contribution in [-0.4, -0.2) is 53.3 Å². The molecule has 1 saturated heterocycles. The van der Waals surface area contributed by atoms with Crippen LogP contribution in [0.25, 0.3) is 0 Å². The van der Waals surface area contributed by atoms with Gasteiger partial charge in [0.25, 0.3) is 0 Å². The average Bonchev–Trinajstić information content (AvgIpc) is 2.46. The Morgan fingerprint density at radius 3 is 2.67 bits per heavy atom. The van der Waals surface area contributed by atoms with E-state index >= 15 is 0 Å². The molecule has 1 unspecified atom stereocenters. The summed E-state index contributed by atoms with van der Waals surface area (Å²) in [6.07, 6.45) is 8.42. The van der Waals surface area contributed by atoms with Crippen molar-refractivity contribution in [1.82, 2.24) is 10.2 Å². The first kappa shape index (κ1) is 17.3. The molecular formula is C15H24N2O4. The van der Waals surface area contributed by atoms with E-state index in [2.05, 4.69) is 25.1 Å². The number of carboxylic acids is 1. The summed E-state index contributed by atoms with van der Waals surface area (Å²) in [7, 11) is 0. The highest BCUT2D eigenvalue weighted by Gasteiger charge is 2.35. The lowest BCUT2D eigenvalue weighted by atomic mass is 9.86. The molecule has 1 aliphatic rings. The van der Waals surface area contributed by atoms with E-state index in [4.69, 9.17) is 16.3 Å². The molecule has 0 saturated carbocycles. The average molecular weight is 296 g/mol. The topological polar surface area (TPSA) is 78.9 Å². The number of amides is 2. The number of urea groups is 1. The summed E-state index contributed by atoms with van der Waals surface area (Å²) in [5.74, 6) is 1.23. The van der Waals surface area contributed by atoms with Gasteiger partial charge in [0.15, 0.2) is 0 Å². The summed E-state index contributed by atoms with van der Waals surface area (Å²) in [5, 5.41) is 11.7. The number of rotatable bonds is 6. The molecule has 0 aromatic carbocycles. The Morgan fingerprint density at radius 2 is 2.14 bits per heavy atom. The number of hydrogen-bond donors (Lipinski definition) is 2. The Bertz CT molecular complexity index is 412. The fourth-order valence-corrected chi connectivity index (χ4v) is 2.63. The van der Waals surface area contributed by atoms with E-state index in [0.717, 1.165) is 30.6 Å². The molecule has 1 aliphatic heterocycles. The monoisotopic (exact) mass is 296 g/mol. The molecule has 1 atom stereocenters. The van der Waals surface area contributed by atoms with Crippen LogP contribution in [0.3, 0.4) is 0 Å². The quantitative estimate of drug-likeness (QED) is 0.727. The molecule has 2 N–H and O–H groups in total. The lowest BCUT2D eigenvalue weighted by molar-refractivity contribution is -0.137. The maximum atomic E-state index is 12.1. The van der Waals surface area contributed by atoms with Crippen LogP contribution in [0.1, 0.15) is 39.5 Å². The minimum Gasteiger partial charge on any atom is -0.480 e. The minimum absolute atomic E-state index is 0.0137. The van der Waals surface area contributed by atoms with Crippen LogP contribution in [0.2, 0.25) is 0 Å². The van der Waals surface area contributed by atoms with Crippen molar-refractivity contribution in [3.05, 3.63) is 0 Å². The van der Waals surface area contributed by atoms with Crippen molar-refractivity contribution in [1.29, 1.82) is 0 Å². The number of carbonyl (C=O) groups excluding carboxylic acids is 1. The normalized spacial score (nSPS) is 20.3. The van der Waals surface area contributed by atoms with Gasteiger partial charge in [-0.15, -0.1) is 6.42 Å². The molecule has 1 fully saturated rings. The van der Waals surface area contributed by atoms with E-state index in [0.29, 0.717) is 6.61 Å². The van der Waals surface area contributed by atoms with Gasteiger partial charge in [0, 0.05) is 12.6 Å². The smallest absolute Gasteiger partial charge is 0.323 e. The third-order valence-corrected chi connectivity index (χ3v) is 4.00. The molecule has 6 heteroatoms. The zero-order valence-corrected chi connectivity index (χ0v) is 12.7. The first-order chi connectivity index (χ1) is 9.96. The molecule has 0 aromatic rings. The Labute approximate surface area is 125 Å². The molecule has 0 aliphatic carbocycles. The fourth-order valence-electron chi connectivity index (χ4n) is 2.63. The third kappa shape index (κ3) is 4.94. The van der Waals surface area contributed by atoms with Gasteiger partial charge in [-0.1, -0.05) is 19.8 Å². The number of hydrogen-bond acceptors (Lipinski definition) is 3. The Hall–Kier alpha value is -1.74. The maximum absolute atomic E-state index is 12.1. The molecule has 6 nitrogen and oxygen atoms in total. The first-order valence-electron chi connectivity index (χ1n) is 7.31. The van der Waals surface area contributed by atoms with Gasteiger partial charge in [-0.3, -0.25) is 4.79 Å². The molecular weight excluding hydrogens is 272 g/mol. The zero-order valence-electron chi connectivity index (χ0n) is 12.7. The molecule has 0 spiro atoms. The Balaban J connectivity index is 2.63. The van der Waals surface area contributed by atoms with Crippen molar-refractivity contribution in [2.75, 3.05) is 19.7 Å². The van der Waals surface area contributed by atoms with Crippen LogP contribution in [0.4, 0.5) is 4.79 Å². The largest absolute Gasteiger partial charge is 0.480 e. The molecule has 1 rings (SSSR count). The predicted octanol–water partition coefficient (Wildman–Crippen LogP) is 1.45. The molecule has 118 valence electrons. The van der Waals surface area contributed by atoms with Crippen LogP contribution >= 0.6 is 0 Å². The van der Waals surface area contributed by atoms with Crippen LogP contribution in [0.5, 0.6) is 0 Å². The van der Waals surface area contributed by atoms with Gasteiger partial charge in [-0.2, -0.15) is 0 Å². The van der Waals surface area contributed by atoms with Gasteiger partial charge in [0.2, 0.25) is 0 Å². The highest BCUT2D eigenvalue weighted by Crippen LogP contribution is 2.31. The SMILES string of the molecule is C#CCN(CC(=O)O)C(=O)NC1CCOC(CC)(CC)C1. The fraction of sp³-hybridized carbons (Fsp3) is 0.733. The summed E-state index contributed by atoms with van der Waals surface area (Å²) >= 11 is 0. The van der Waals surface area contributed by atoms with E-state index in [-0.39, 0.29) is 18.2 Å².